The van der Waals surface area contributed by atoms with Gasteiger partial charge < -0.3 is 5.32 Å². The molecule has 5 nitrogen and oxygen atoms in total. The van der Waals surface area contributed by atoms with E-state index in [4.69, 9.17) is 5.14 Å². The van der Waals surface area contributed by atoms with Crippen LogP contribution in [-0.4, -0.2) is 14.3 Å². The van der Waals surface area contributed by atoms with E-state index in [1.165, 1.54) is 24.3 Å². The number of carbonyl (C=O) groups is 1. The molecule has 2 atom stereocenters. The van der Waals surface area contributed by atoms with Crippen molar-refractivity contribution in [3.63, 3.8) is 0 Å². The summed E-state index contributed by atoms with van der Waals surface area (Å²) in [4.78, 5) is 13.0. The number of halogens is 3. The zero-order chi connectivity index (χ0) is 21.7. The van der Waals surface area contributed by atoms with Crippen molar-refractivity contribution in [1.82, 2.24) is 0 Å². The fourth-order valence-corrected chi connectivity index (χ4v) is 5.43. The molecule has 0 aliphatic heterocycles. The van der Waals surface area contributed by atoms with E-state index in [0.29, 0.717) is 5.69 Å². The minimum atomic E-state index is -4.43. The van der Waals surface area contributed by atoms with Crippen molar-refractivity contribution in [1.29, 1.82) is 0 Å². The van der Waals surface area contributed by atoms with Crippen LogP contribution in [0, 0.1) is 11.3 Å². The van der Waals surface area contributed by atoms with Crippen LogP contribution in [0.1, 0.15) is 42.7 Å². The number of alkyl halides is 3. The Bertz CT molecular complexity index is 1060. The third-order valence-electron chi connectivity index (χ3n) is 6.33. The Morgan fingerprint density at radius 2 is 1.57 bits per heavy atom. The van der Waals surface area contributed by atoms with Gasteiger partial charge in [-0.2, -0.15) is 13.2 Å². The molecule has 9 heteroatoms. The van der Waals surface area contributed by atoms with Crippen molar-refractivity contribution in [2.45, 2.75) is 42.7 Å². The lowest BCUT2D eigenvalue weighted by atomic mass is 9.97. The first-order chi connectivity index (χ1) is 14.0. The minimum Gasteiger partial charge on any atom is -0.326 e. The molecule has 30 heavy (non-hydrogen) atoms. The SMILES string of the molecule is NS(=O)(=O)c1ccc(C2C(C(=O)Nc3ccc(C(F)(F)F)cc3)C23CCCC3)cc1. The largest absolute Gasteiger partial charge is 0.416 e. The van der Waals surface area contributed by atoms with Crippen molar-refractivity contribution in [2.75, 3.05) is 5.32 Å². The van der Waals surface area contributed by atoms with Gasteiger partial charge in [-0.15, -0.1) is 0 Å². The van der Waals surface area contributed by atoms with Crippen LogP contribution in [0.25, 0.3) is 0 Å². The first kappa shape index (κ1) is 20.9. The third-order valence-corrected chi connectivity index (χ3v) is 7.26. The number of anilines is 1. The van der Waals surface area contributed by atoms with Gasteiger partial charge in [0.1, 0.15) is 0 Å². The number of sulfonamides is 1. The van der Waals surface area contributed by atoms with Gasteiger partial charge in [0.2, 0.25) is 15.9 Å². The second-order valence-electron chi connectivity index (χ2n) is 8.07. The molecule has 2 saturated carbocycles. The van der Waals surface area contributed by atoms with Crippen LogP contribution in [-0.2, 0) is 21.0 Å². The predicted octanol–water partition coefficient (Wildman–Crippen LogP) is 4.27. The van der Waals surface area contributed by atoms with Gasteiger partial charge in [0.25, 0.3) is 0 Å². The predicted molar refractivity (Wildman–Crippen MR) is 105 cm³/mol. The van der Waals surface area contributed by atoms with E-state index >= 15 is 0 Å². The lowest BCUT2D eigenvalue weighted by molar-refractivity contribution is -0.137. The van der Waals surface area contributed by atoms with Crippen molar-refractivity contribution in [2.24, 2.45) is 16.5 Å². The average Bonchev–Trinajstić information content (AvgIpc) is 3.05. The molecule has 1 spiro atoms. The van der Waals surface area contributed by atoms with Gasteiger partial charge in [0.15, 0.2) is 0 Å². The number of primary sulfonamides is 1. The monoisotopic (exact) mass is 438 g/mol. The summed E-state index contributed by atoms with van der Waals surface area (Å²) in [5, 5.41) is 7.90. The van der Waals surface area contributed by atoms with E-state index in [9.17, 15) is 26.4 Å². The second kappa shape index (κ2) is 7.09. The summed E-state index contributed by atoms with van der Waals surface area (Å²) in [6.07, 6.45) is -0.633. The van der Waals surface area contributed by atoms with Crippen LogP contribution in [0.4, 0.5) is 18.9 Å². The van der Waals surface area contributed by atoms with Crippen molar-refractivity contribution in [3.8, 4) is 0 Å². The minimum absolute atomic E-state index is 0.0122. The van der Waals surface area contributed by atoms with Crippen molar-refractivity contribution >= 4 is 21.6 Å². The summed E-state index contributed by atoms with van der Waals surface area (Å²) in [6, 6.07) is 10.6. The number of hydrogen-bond acceptors (Lipinski definition) is 3. The Balaban J connectivity index is 1.54. The van der Waals surface area contributed by atoms with Crippen LogP contribution in [0.15, 0.2) is 53.4 Å². The topological polar surface area (TPSA) is 89.3 Å². The molecule has 3 N–H and O–H groups in total. The van der Waals surface area contributed by atoms with Gasteiger partial charge in [-0.1, -0.05) is 25.0 Å². The number of hydrogen-bond donors (Lipinski definition) is 2. The fourth-order valence-electron chi connectivity index (χ4n) is 4.91. The maximum atomic E-state index is 13.0. The fraction of sp³-hybridized carbons (Fsp3) is 0.381. The lowest BCUT2D eigenvalue weighted by Gasteiger charge is -2.10. The molecular weight excluding hydrogens is 417 g/mol. The quantitative estimate of drug-likeness (QED) is 0.747. The first-order valence-electron chi connectivity index (χ1n) is 9.63. The number of rotatable bonds is 4. The Morgan fingerprint density at radius 3 is 2.07 bits per heavy atom. The highest BCUT2D eigenvalue weighted by molar-refractivity contribution is 7.89. The molecule has 0 aromatic heterocycles. The van der Waals surface area contributed by atoms with E-state index in [1.54, 1.807) is 12.1 Å². The Kier molecular flexibility index (Phi) is 4.93. The van der Waals surface area contributed by atoms with Gasteiger partial charge in [-0.05, 0) is 60.2 Å². The average molecular weight is 438 g/mol. The van der Waals surface area contributed by atoms with E-state index in [-0.39, 0.29) is 28.1 Å². The molecule has 4 rings (SSSR count). The maximum Gasteiger partial charge on any atom is 0.416 e. The molecule has 2 aromatic rings. The Labute approximate surface area is 172 Å². The summed E-state index contributed by atoms with van der Waals surface area (Å²) < 4.78 is 61.2. The number of benzene rings is 2. The standard InChI is InChI=1S/C21H21F3N2O3S/c22-21(23,24)14-5-7-15(8-6-14)26-19(27)18-17(20(18)11-1-2-12-20)13-3-9-16(10-4-13)30(25,28)29/h3-10,17-18H,1-2,11-12H2,(H,26,27)(H2,25,28,29). The smallest absolute Gasteiger partial charge is 0.326 e. The van der Waals surface area contributed by atoms with Gasteiger partial charge in [0, 0.05) is 11.6 Å². The van der Waals surface area contributed by atoms with E-state index in [1.807, 2.05) is 0 Å². The molecule has 0 saturated heterocycles. The van der Waals surface area contributed by atoms with Crippen LogP contribution >= 0.6 is 0 Å². The van der Waals surface area contributed by atoms with Crippen LogP contribution in [0.3, 0.4) is 0 Å². The van der Waals surface area contributed by atoms with E-state index in [2.05, 4.69) is 5.32 Å². The van der Waals surface area contributed by atoms with Crippen molar-refractivity contribution in [3.05, 3.63) is 59.7 Å². The maximum absolute atomic E-state index is 13.0. The Morgan fingerprint density at radius 1 is 1.00 bits per heavy atom. The highest BCUT2D eigenvalue weighted by Gasteiger charge is 2.68. The van der Waals surface area contributed by atoms with Crippen molar-refractivity contribution < 1.29 is 26.4 Å². The third kappa shape index (κ3) is 3.72. The van der Waals surface area contributed by atoms with Crippen LogP contribution < -0.4 is 10.5 Å². The molecule has 0 bridgehead atoms. The molecule has 2 unspecified atom stereocenters. The summed E-state index contributed by atoms with van der Waals surface area (Å²) in [7, 11) is -3.80. The Hall–Kier alpha value is -2.39. The first-order valence-corrected chi connectivity index (χ1v) is 11.2. The number of amides is 1. The van der Waals surface area contributed by atoms with Gasteiger partial charge in [-0.25, -0.2) is 13.6 Å². The molecule has 2 aliphatic rings. The molecule has 2 aromatic carbocycles. The summed E-state index contributed by atoms with van der Waals surface area (Å²) in [5.74, 6) is -0.580. The summed E-state index contributed by atoms with van der Waals surface area (Å²) in [6.45, 7) is 0. The van der Waals surface area contributed by atoms with Gasteiger partial charge >= 0.3 is 6.18 Å². The molecule has 1 amide bonds. The van der Waals surface area contributed by atoms with Gasteiger partial charge in [0.05, 0.1) is 16.4 Å². The lowest BCUT2D eigenvalue weighted by Crippen LogP contribution is -2.18. The molecule has 0 heterocycles. The zero-order valence-corrected chi connectivity index (χ0v) is 16.8. The number of nitrogens with two attached hydrogens (primary N) is 1. The molecule has 2 fully saturated rings. The van der Waals surface area contributed by atoms with E-state index in [0.717, 1.165) is 43.4 Å². The molecule has 160 valence electrons. The molecule has 2 aliphatic carbocycles. The van der Waals surface area contributed by atoms with Crippen LogP contribution in [0.2, 0.25) is 0 Å². The highest BCUT2D eigenvalue weighted by Crippen LogP contribution is 2.72. The second-order valence-corrected chi connectivity index (χ2v) is 9.64. The summed E-state index contributed by atoms with van der Waals surface area (Å²) in [5.41, 5.74) is 0.235. The summed E-state index contributed by atoms with van der Waals surface area (Å²) >= 11 is 0. The number of nitrogens with one attached hydrogen (secondary N) is 1. The highest BCUT2D eigenvalue weighted by atomic mass is 32.2. The van der Waals surface area contributed by atoms with Crippen LogP contribution in [0.5, 0.6) is 0 Å². The normalized spacial score (nSPS) is 22.8. The van der Waals surface area contributed by atoms with E-state index < -0.39 is 21.8 Å². The number of carbonyl (C=O) groups excluding carboxylic acids is 1. The molecular formula is C21H21F3N2O3S. The molecule has 0 radical (unpaired) electrons. The van der Waals surface area contributed by atoms with Gasteiger partial charge in [-0.3, -0.25) is 4.79 Å². The zero-order valence-electron chi connectivity index (χ0n) is 15.9.